The summed E-state index contributed by atoms with van der Waals surface area (Å²) in [5.41, 5.74) is 1.12. The summed E-state index contributed by atoms with van der Waals surface area (Å²) in [6.07, 6.45) is 4.49. The lowest BCUT2D eigenvalue weighted by Crippen LogP contribution is -1.98. The second kappa shape index (κ2) is 2.12. The van der Waals surface area contributed by atoms with Gasteiger partial charge in [-0.3, -0.25) is 4.79 Å². The van der Waals surface area contributed by atoms with Gasteiger partial charge >= 0.3 is 5.97 Å². The molecule has 0 aliphatic heterocycles. The summed E-state index contributed by atoms with van der Waals surface area (Å²) < 4.78 is 0. The van der Waals surface area contributed by atoms with E-state index in [4.69, 9.17) is 5.11 Å². The largest absolute Gasteiger partial charge is 0.481 e. The Morgan fingerprint density at radius 1 is 1.73 bits per heavy atom. The Labute approximate surface area is 64.1 Å². The second-order valence-electron chi connectivity index (χ2n) is 2.93. The molecule has 1 aliphatic rings. The van der Waals surface area contributed by atoms with E-state index in [-0.39, 0.29) is 11.8 Å². The number of aromatic amines is 1. The van der Waals surface area contributed by atoms with Gasteiger partial charge in [0.15, 0.2) is 0 Å². The summed E-state index contributed by atoms with van der Waals surface area (Å²) >= 11 is 0. The van der Waals surface area contributed by atoms with Gasteiger partial charge in [0.2, 0.25) is 0 Å². The Hall–Kier alpha value is -1.25. The first-order valence-corrected chi connectivity index (χ1v) is 3.64. The van der Waals surface area contributed by atoms with E-state index in [9.17, 15) is 4.79 Å². The lowest BCUT2D eigenvalue weighted by atomic mass is 10.2. The predicted octanol–water partition coefficient (Wildman–Crippen LogP) is 1.20. The Bertz CT molecular complexity index is 266. The van der Waals surface area contributed by atoms with E-state index in [0.717, 1.165) is 12.0 Å². The van der Waals surface area contributed by atoms with Gasteiger partial charge in [0.1, 0.15) is 0 Å². The number of carbonyl (C=O) groups is 1. The summed E-state index contributed by atoms with van der Waals surface area (Å²) in [6, 6.07) is 1.94. The highest BCUT2D eigenvalue weighted by Crippen LogP contribution is 2.47. The van der Waals surface area contributed by atoms with Crippen molar-refractivity contribution in [3.63, 3.8) is 0 Å². The topological polar surface area (TPSA) is 53.1 Å². The maximum Gasteiger partial charge on any atom is 0.307 e. The van der Waals surface area contributed by atoms with Crippen LogP contribution in [0.4, 0.5) is 0 Å². The number of carboxylic acids is 1. The molecular formula is C8H9NO2. The van der Waals surface area contributed by atoms with Crippen molar-refractivity contribution in [1.29, 1.82) is 0 Å². The maximum absolute atomic E-state index is 10.5. The third-order valence-electron chi connectivity index (χ3n) is 2.16. The number of aliphatic carboxylic acids is 1. The molecule has 0 unspecified atom stereocenters. The van der Waals surface area contributed by atoms with Crippen molar-refractivity contribution in [2.24, 2.45) is 5.92 Å². The van der Waals surface area contributed by atoms with Crippen molar-refractivity contribution in [3.05, 3.63) is 24.0 Å². The molecule has 1 heterocycles. The van der Waals surface area contributed by atoms with E-state index in [1.165, 1.54) is 0 Å². The Morgan fingerprint density at radius 3 is 3.00 bits per heavy atom. The van der Waals surface area contributed by atoms with Gasteiger partial charge in [-0.15, -0.1) is 0 Å². The van der Waals surface area contributed by atoms with Crippen LogP contribution >= 0.6 is 0 Å². The van der Waals surface area contributed by atoms with Crippen molar-refractivity contribution in [1.82, 2.24) is 4.98 Å². The van der Waals surface area contributed by atoms with Crippen LogP contribution in [0, 0.1) is 5.92 Å². The first kappa shape index (κ1) is 6.46. The van der Waals surface area contributed by atoms with Crippen LogP contribution in [0.3, 0.4) is 0 Å². The lowest BCUT2D eigenvalue weighted by Gasteiger charge is -1.89. The fraction of sp³-hybridized carbons (Fsp3) is 0.375. The highest BCUT2D eigenvalue weighted by atomic mass is 16.4. The molecule has 3 heteroatoms. The molecule has 1 aromatic rings. The van der Waals surface area contributed by atoms with E-state index in [0.29, 0.717) is 0 Å². The number of rotatable bonds is 2. The average Bonchev–Trinajstić information content (AvgIpc) is 2.60. The molecule has 11 heavy (non-hydrogen) atoms. The van der Waals surface area contributed by atoms with Gasteiger partial charge < -0.3 is 10.1 Å². The molecule has 2 atom stereocenters. The van der Waals surface area contributed by atoms with Gasteiger partial charge in [-0.1, -0.05) is 0 Å². The van der Waals surface area contributed by atoms with Crippen LogP contribution in [0.2, 0.25) is 0 Å². The summed E-state index contributed by atoms with van der Waals surface area (Å²) in [7, 11) is 0. The van der Waals surface area contributed by atoms with E-state index < -0.39 is 5.97 Å². The van der Waals surface area contributed by atoms with Crippen LogP contribution < -0.4 is 0 Å². The molecule has 2 rings (SSSR count). The zero-order valence-electron chi connectivity index (χ0n) is 5.95. The molecule has 1 aliphatic carbocycles. The number of H-pyrrole nitrogens is 1. The molecule has 0 aromatic carbocycles. The molecule has 1 aromatic heterocycles. The molecule has 0 spiro atoms. The average molecular weight is 151 g/mol. The Balaban J connectivity index is 2.08. The molecule has 1 saturated carbocycles. The van der Waals surface area contributed by atoms with E-state index in [1.54, 1.807) is 0 Å². The monoisotopic (exact) mass is 151 g/mol. The van der Waals surface area contributed by atoms with Crippen molar-refractivity contribution in [2.75, 3.05) is 0 Å². The number of hydrogen-bond acceptors (Lipinski definition) is 1. The van der Waals surface area contributed by atoms with Gasteiger partial charge in [-0.25, -0.2) is 0 Å². The first-order chi connectivity index (χ1) is 5.29. The minimum absolute atomic E-state index is 0.134. The van der Waals surface area contributed by atoms with Crippen LogP contribution in [-0.2, 0) is 4.79 Å². The van der Waals surface area contributed by atoms with Crippen LogP contribution in [0.15, 0.2) is 18.5 Å². The molecule has 3 nitrogen and oxygen atoms in total. The SMILES string of the molecule is O=C(O)[C@@H]1C[C@H]1c1cc[nH]c1. The summed E-state index contributed by atoms with van der Waals surface area (Å²) in [5.74, 6) is -0.541. The zero-order chi connectivity index (χ0) is 7.84. The highest BCUT2D eigenvalue weighted by molar-refractivity contribution is 5.75. The quantitative estimate of drug-likeness (QED) is 0.667. The Morgan fingerprint density at radius 2 is 2.55 bits per heavy atom. The number of hydrogen-bond donors (Lipinski definition) is 2. The third kappa shape index (κ3) is 1.02. The van der Waals surface area contributed by atoms with Crippen LogP contribution in [0.5, 0.6) is 0 Å². The molecule has 0 saturated heterocycles. The fourth-order valence-electron chi connectivity index (χ4n) is 1.40. The number of aromatic nitrogens is 1. The van der Waals surface area contributed by atoms with Crippen molar-refractivity contribution in [2.45, 2.75) is 12.3 Å². The molecule has 0 radical (unpaired) electrons. The number of carboxylic acid groups (broad SMARTS) is 1. The minimum atomic E-state index is -0.670. The minimum Gasteiger partial charge on any atom is -0.481 e. The second-order valence-corrected chi connectivity index (χ2v) is 2.93. The smallest absolute Gasteiger partial charge is 0.307 e. The van der Waals surface area contributed by atoms with Crippen molar-refractivity contribution < 1.29 is 9.90 Å². The van der Waals surface area contributed by atoms with E-state index in [1.807, 2.05) is 18.5 Å². The molecule has 0 amide bonds. The number of nitrogens with one attached hydrogen (secondary N) is 1. The van der Waals surface area contributed by atoms with E-state index in [2.05, 4.69) is 4.98 Å². The third-order valence-corrected chi connectivity index (χ3v) is 2.16. The van der Waals surface area contributed by atoms with Crippen LogP contribution in [-0.4, -0.2) is 16.1 Å². The van der Waals surface area contributed by atoms with Crippen LogP contribution in [0.1, 0.15) is 17.9 Å². The molecule has 0 bridgehead atoms. The highest BCUT2D eigenvalue weighted by Gasteiger charge is 2.44. The zero-order valence-corrected chi connectivity index (χ0v) is 5.95. The van der Waals surface area contributed by atoms with Gasteiger partial charge in [0.25, 0.3) is 0 Å². The van der Waals surface area contributed by atoms with Crippen LogP contribution in [0.25, 0.3) is 0 Å². The maximum atomic E-state index is 10.5. The fourth-order valence-corrected chi connectivity index (χ4v) is 1.40. The molecule has 58 valence electrons. The molecule has 1 fully saturated rings. The van der Waals surface area contributed by atoms with E-state index >= 15 is 0 Å². The van der Waals surface area contributed by atoms with Crippen molar-refractivity contribution >= 4 is 5.97 Å². The summed E-state index contributed by atoms with van der Waals surface area (Å²) in [5, 5.41) is 8.61. The molecular weight excluding hydrogens is 142 g/mol. The molecule has 2 N–H and O–H groups in total. The predicted molar refractivity (Wildman–Crippen MR) is 39.3 cm³/mol. The van der Waals surface area contributed by atoms with Gasteiger partial charge in [0, 0.05) is 12.4 Å². The lowest BCUT2D eigenvalue weighted by molar-refractivity contribution is -0.138. The van der Waals surface area contributed by atoms with Crippen molar-refractivity contribution in [3.8, 4) is 0 Å². The standard InChI is InChI=1S/C8H9NO2/c10-8(11)7-3-6(7)5-1-2-9-4-5/h1-2,4,6-7,9H,3H2,(H,10,11)/t6-,7+/m0/s1. The van der Waals surface area contributed by atoms with Gasteiger partial charge in [0.05, 0.1) is 5.92 Å². The summed E-state index contributed by atoms with van der Waals surface area (Å²) in [4.78, 5) is 13.4. The Kier molecular flexibility index (Phi) is 1.24. The van der Waals surface area contributed by atoms with Gasteiger partial charge in [-0.2, -0.15) is 0 Å². The summed E-state index contributed by atoms with van der Waals surface area (Å²) in [6.45, 7) is 0. The van der Waals surface area contributed by atoms with Gasteiger partial charge in [-0.05, 0) is 24.0 Å². The first-order valence-electron chi connectivity index (χ1n) is 3.64. The normalized spacial score (nSPS) is 28.4.